The van der Waals surface area contributed by atoms with Crippen LogP contribution in [0.3, 0.4) is 0 Å². The van der Waals surface area contributed by atoms with E-state index in [1.807, 2.05) is 19.1 Å². The lowest BCUT2D eigenvalue weighted by Gasteiger charge is -2.30. The number of carbonyl (C=O) groups excluding carboxylic acids is 3. The first-order chi connectivity index (χ1) is 14.3. The van der Waals surface area contributed by atoms with Gasteiger partial charge in [0.05, 0.1) is 5.69 Å². The van der Waals surface area contributed by atoms with Crippen LogP contribution < -0.4 is 20.4 Å². The van der Waals surface area contributed by atoms with Crippen LogP contribution in [0.2, 0.25) is 0 Å². The molecule has 0 aliphatic carbocycles. The molecule has 0 aromatic heterocycles. The summed E-state index contributed by atoms with van der Waals surface area (Å²) in [5.74, 6) is -2.43. The van der Waals surface area contributed by atoms with Gasteiger partial charge < -0.3 is 10.1 Å². The first kappa shape index (κ1) is 21.6. The van der Waals surface area contributed by atoms with Crippen LogP contribution in [0.1, 0.15) is 5.56 Å². The number of nitrogens with zero attached hydrogens (tertiary/aromatic N) is 2. The second-order valence-corrected chi connectivity index (χ2v) is 7.64. The molecule has 1 aliphatic heterocycles. The van der Waals surface area contributed by atoms with Crippen molar-refractivity contribution in [1.82, 2.24) is 10.7 Å². The van der Waals surface area contributed by atoms with Crippen LogP contribution in [-0.4, -0.2) is 35.7 Å². The zero-order chi connectivity index (χ0) is 21.7. The van der Waals surface area contributed by atoms with Crippen molar-refractivity contribution in [3.8, 4) is 5.75 Å². The van der Waals surface area contributed by atoms with Crippen LogP contribution in [-0.2, 0) is 14.4 Å². The number of ether oxygens (including phenoxy) is 1. The average molecular weight is 489 g/mol. The van der Waals surface area contributed by atoms with E-state index in [1.165, 1.54) is 4.90 Å². The molecule has 30 heavy (non-hydrogen) atoms. The molecule has 10 heteroatoms. The second kappa shape index (κ2) is 9.59. The van der Waals surface area contributed by atoms with E-state index in [0.29, 0.717) is 11.4 Å². The van der Waals surface area contributed by atoms with Gasteiger partial charge in [-0.1, -0.05) is 33.6 Å². The number of anilines is 1. The molecule has 0 unspecified atom stereocenters. The van der Waals surface area contributed by atoms with E-state index < -0.39 is 23.6 Å². The predicted octanol–water partition coefficient (Wildman–Crippen LogP) is 2.30. The van der Waals surface area contributed by atoms with Gasteiger partial charge in [-0.25, -0.2) is 5.43 Å². The van der Waals surface area contributed by atoms with Crippen LogP contribution in [0, 0.1) is 12.8 Å². The summed E-state index contributed by atoms with van der Waals surface area (Å²) in [4.78, 5) is 38.1. The molecule has 1 atom stereocenters. The number of aryl methyl sites for hydroxylation is 1. The molecule has 1 heterocycles. The van der Waals surface area contributed by atoms with Gasteiger partial charge in [-0.2, -0.15) is 5.10 Å². The minimum atomic E-state index is -1.23. The summed E-state index contributed by atoms with van der Waals surface area (Å²) in [5.41, 5.74) is 3.79. The zero-order valence-electron chi connectivity index (χ0n) is 15.8. The molecule has 8 nitrogen and oxygen atoms in total. The fraction of sp³-hybridized carbons (Fsp3) is 0.150. The van der Waals surface area contributed by atoms with Crippen molar-refractivity contribution < 1.29 is 19.1 Å². The molecule has 2 N–H and O–H groups in total. The first-order valence-electron chi connectivity index (χ1n) is 8.81. The Hall–Kier alpha value is -3.11. The lowest BCUT2D eigenvalue weighted by Crippen LogP contribution is -2.58. The minimum absolute atomic E-state index is 0.00886. The number of hydrazone groups is 1. The highest BCUT2D eigenvalue weighted by Crippen LogP contribution is 2.21. The first-order valence-corrected chi connectivity index (χ1v) is 10.0. The Morgan fingerprint density at radius 3 is 2.57 bits per heavy atom. The maximum absolute atomic E-state index is 12.8. The Morgan fingerprint density at radius 1 is 1.23 bits per heavy atom. The summed E-state index contributed by atoms with van der Waals surface area (Å²) in [7, 11) is 0. The van der Waals surface area contributed by atoms with Gasteiger partial charge in [0.1, 0.15) is 5.75 Å². The van der Waals surface area contributed by atoms with Gasteiger partial charge in [0.2, 0.25) is 5.91 Å². The fourth-order valence-electron chi connectivity index (χ4n) is 2.56. The van der Waals surface area contributed by atoms with Gasteiger partial charge in [-0.3, -0.25) is 19.3 Å². The van der Waals surface area contributed by atoms with Crippen molar-refractivity contribution in [2.24, 2.45) is 11.0 Å². The Bertz CT molecular complexity index is 1010. The van der Waals surface area contributed by atoms with Crippen molar-refractivity contribution >= 4 is 62.9 Å². The number of amides is 3. The molecule has 2 aromatic rings. The summed E-state index contributed by atoms with van der Waals surface area (Å²) in [6, 6.07) is 14.1. The average Bonchev–Trinajstić information content (AvgIpc) is 2.71. The number of hydrogen-bond donors (Lipinski definition) is 2. The number of benzene rings is 2. The molecule has 0 bridgehead atoms. The molecule has 3 rings (SSSR count). The van der Waals surface area contributed by atoms with E-state index in [-0.39, 0.29) is 11.7 Å². The van der Waals surface area contributed by atoms with Gasteiger partial charge >= 0.3 is 0 Å². The number of hydrogen-bond acceptors (Lipinski definition) is 6. The van der Waals surface area contributed by atoms with Crippen molar-refractivity contribution in [3.05, 3.63) is 58.6 Å². The molecule has 0 radical (unpaired) electrons. The smallest absolute Gasteiger partial charge is 0.277 e. The highest BCUT2D eigenvalue weighted by molar-refractivity contribution is 9.10. The van der Waals surface area contributed by atoms with E-state index in [9.17, 15) is 14.4 Å². The summed E-state index contributed by atoms with van der Waals surface area (Å²) in [6.45, 7) is 1.64. The summed E-state index contributed by atoms with van der Waals surface area (Å²) in [5, 5.41) is 6.19. The second-order valence-electron chi connectivity index (χ2n) is 6.34. The number of carbonyl (C=O) groups is 3. The van der Waals surface area contributed by atoms with Gasteiger partial charge in [0, 0.05) is 10.7 Å². The number of thiocarbonyl (C=S) groups is 1. The van der Waals surface area contributed by atoms with Crippen molar-refractivity contribution in [1.29, 1.82) is 0 Å². The third kappa shape index (κ3) is 5.28. The lowest BCUT2D eigenvalue weighted by molar-refractivity contribution is -0.130. The summed E-state index contributed by atoms with van der Waals surface area (Å²) in [6.07, 6.45) is 1.07. The third-order valence-electron chi connectivity index (χ3n) is 4.09. The monoisotopic (exact) mass is 488 g/mol. The summed E-state index contributed by atoms with van der Waals surface area (Å²) >= 11 is 8.44. The van der Waals surface area contributed by atoms with Crippen LogP contribution in [0.5, 0.6) is 5.75 Å². The maximum atomic E-state index is 12.8. The van der Waals surface area contributed by atoms with E-state index >= 15 is 0 Å². The fourth-order valence-corrected chi connectivity index (χ4v) is 3.12. The number of halogens is 1. The van der Waals surface area contributed by atoms with E-state index in [4.69, 9.17) is 17.0 Å². The molecular weight excluding hydrogens is 472 g/mol. The topological polar surface area (TPSA) is 100 Å². The van der Waals surface area contributed by atoms with E-state index in [0.717, 1.165) is 16.3 Å². The Kier molecular flexibility index (Phi) is 6.91. The minimum Gasteiger partial charge on any atom is -0.484 e. The van der Waals surface area contributed by atoms with Gasteiger partial charge in [-0.05, 0) is 55.5 Å². The Labute approximate surface area is 186 Å². The summed E-state index contributed by atoms with van der Waals surface area (Å²) < 4.78 is 6.22. The van der Waals surface area contributed by atoms with Gasteiger partial charge in [-0.15, -0.1) is 0 Å². The van der Waals surface area contributed by atoms with Crippen molar-refractivity contribution in [3.63, 3.8) is 0 Å². The largest absolute Gasteiger partial charge is 0.484 e. The van der Waals surface area contributed by atoms with Crippen LogP contribution in [0.15, 0.2) is 58.1 Å². The predicted molar refractivity (Wildman–Crippen MR) is 119 cm³/mol. The molecule has 1 aliphatic rings. The molecule has 1 saturated heterocycles. The normalized spacial score (nSPS) is 16.5. The molecule has 1 fully saturated rings. The molecule has 154 valence electrons. The third-order valence-corrected chi connectivity index (χ3v) is 4.90. The maximum Gasteiger partial charge on any atom is 0.277 e. The van der Waals surface area contributed by atoms with E-state index in [1.54, 1.807) is 36.4 Å². The lowest BCUT2D eigenvalue weighted by atomic mass is 10.1. The van der Waals surface area contributed by atoms with Crippen LogP contribution >= 0.6 is 28.1 Å². The van der Waals surface area contributed by atoms with Crippen LogP contribution in [0.25, 0.3) is 0 Å². The molecule has 0 saturated carbocycles. The highest BCUT2D eigenvalue weighted by Gasteiger charge is 2.38. The van der Waals surface area contributed by atoms with Gasteiger partial charge in [0.25, 0.3) is 11.8 Å². The van der Waals surface area contributed by atoms with Crippen molar-refractivity contribution in [2.45, 2.75) is 6.92 Å². The Balaban J connectivity index is 1.60. The highest BCUT2D eigenvalue weighted by atomic mass is 79.9. The molecule has 2 aromatic carbocycles. The SMILES string of the molecule is Cc1ccc(N2C(=O)[C@H](/C=N/NC(=O)COc3ccc(Br)cc3)C(=O)NC2=S)cc1. The van der Waals surface area contributed by atoms with E-state index in [2.05, 4.69) is 31.8 Å². The quantitative estimate of drug-likeness (QED) is 0.281. The Morgan fingerprint density at radius 2 is 1.90 bits per heavy atom. The number of nitrogens with one attached hydrogen (secondary N) is 2. The molecule has 0 spiro atoms. The van der Waals surface area contributed by atoms with Gasteiger partial charge in [0.15, 0.2) is 17.6 Å². The standard InChI is InChI=1S/C20H17BrN4O4S/c1-12-2-6-14(7-3-12)25-19(28)16(18(27)23-20(25)30)10-22-24-17(26)11-29-15-8-4-13(21)5-9-15/h2-10,16H,11H2,1H3,(H,24,26)(H,23,27,30)/b22-10+/t16-/m1/s1. The molecule has 3 amide bonds. The van der Waals surface area contributed by atoms with Crippen molar-refractivity contribution in [2.75, 3.05) is 11.5 Å². The number of rotatable bonds is 6. The zero-order valence-corrected chi connectivity index (χ0v) is 18.2. The molecular formula is C20H17BrN4O4S. The van der Waals surface area contributed by atoms with Crippen LogP contribution in [0.4, 0.5) is 5.69 Å².